The molecular formula is C29H30N8O4. The number of carbonyl (C=O) groups is 1. The summed E-state index contributed by atoms with van der Waals surface area (Å²) in [6.07, 6.45) is 2.46. The molecule has 2 aromatic carbocycles. The zero-order chi connectivity index (χ0) is 29.1. The van der Waals surface area contributed by atoms with Gasteiger partial charge in [-0.1, -0.05) is 18.2 Å². The summed E-state index contributed by atoms with van der Waals surface area (Å²) in [6.45, 7) is 4.85. The lowest BCUT2D eigenvalue weighted by Crippen LogP contribution is -2.59. The van der Waals surface area contributed by atoms with E-state index in [1.807, 2.05) is 55.1 Å². The van der Waals surface area contributed by atoms with Crippen LogP contribution in [0.25, 0.3) is 16.9 Å². The molecule has 1 fully saturated rings. The van der Waals surface area contributed by atoms with E-state index in [-0.39, 0.29) is 24.5 Å². The summed E-state index contributed by atoms with van der Waals surface area (Å²) in [6, 6.07) is 18.3. The van der Waals surface area contributed by atoms with Crippen molar-refractivity contribution in [2.45, 2.75) is 32.0 Å². The fraction of sp³-hybridized carbons (Fsp3) is 0.276. The third-order valence-corrected chi connectivity index (χ3v) is 6.97. The summed E-state index contributed by atoms with van der Waals surface area (Å²) in [5.74, 6) is 0.860. The summed E-state index contributed by atoms with van der Waals surface area (Å²) < 4.78 is 8.68. The maximum Gasteiger partial charge on any atom is 0.335 e. The van der Waals surface area contributed by atoms with Crippen LogP contribution in [0.15, 0.2) is 77.4 Å². The third kappa shape index (κ3) is 5.67. The SMILES string of the molecule is CC(C)(/C=C(\C#N)C(=O)NCCn1c(=O)n(-c2ccc(Oc3ccccc3)cc2)c2c(N)ncnc21)N1CC(O)C1. The number of rotatable bonds is 9. The Morgan fingerprint density at radius 2 is 1.85 bits per heavy atom. The minimum atomic E-state index is -0.581. The van der Waals surface area contributed by atoms with Crippen molar-refractivity contribution in [1.29, 1.82) is 5.26 Å². The van der Waals surface area contributed by atoms with Crippen molar-refractivity contribution in [3.05, 3.63) is 83.1 Å². The molecule has 5 rings (SSSR count). The molecule has 1 aliphatic heterocycles. The number of aliphatic hydroxyl groups excluding tert-OH is 1. The number of para-hydroxylation sites is 1. The Hall–Kier alpha value is -4.99. The summed E-state index contributed by atoms with van der Waals surface area (Å²) in [5, 5.41) is 21.9. The van der Waals surface area contributed by atoms with Gasteiger partial charge in [0.05, 0.1) is 11.8 Å². The van der Waals surface area contributed by atoms with E-state index in [0.717, 1.165) is 0 Å². The van der Waals surface area contributed by atoms with Crippen molar-refractivity contribution < 1.29 is 14.6 Å². The molecule has 12 nitrogen and oxygen atoms in total. The van der Waals surface area contributed by atoms with Crippen LogP contribution in [0, 0.1) is 11.3 Å². The number of carbonyl (C=O) groups excluding carboxylic acids is 1. The van der Waals surface area contributed by atoms with Gasteiger partial charge in [-0.3, -0.25) is 18.8 Å². The van der Waals surface area contributed by atoms with E-state index in [4.69, 9.17) is 10.5 Å². The molecule has 0 saturated carbocycles. The Bertz CT molecular complexity index is 1700. The number of hydrogen-bond donors (Lipinski definition) is 3. The highest BCUT2D eigenvalue weighted by molar-refractivity contribution is 5.97. The normalized spacial score (nSPS) is 14.4. The number of aromatic nitrogens is 4. The molecule has 0 atom stereocenters. The lowest BCUT2D eigenvalue weighted by atomic mass is 9.94. The molecule has 41 heavy (non-hydrogen) atoms. The number of nitrogens with zero attached hydrogens (tertiary/aromatic N) is 6. The zero-order valence-corrected chi connectivity index (χ0v) is 22.7. The fourth-order valence-electron chi connectivity index (χ4n) is 4.73. The van der Waals surface area contributed by atoms with Crippen LogP contribution in [0.1, 0.15) is 13.8 Å². The molecule has 0 bridgehead atoms. The van der Waals surface area contributed by atoms with E-state index in [1.165, 1.54) is 15.5 Å². The number of β-amino-alcohol motifs (C(OH)–C–C–N with tert-alkyl or cyclic N) is 1. The molecule has 3 heterocycles. The van der Waals surface area contributed by atoms with Crippen molar-refractivity contribution in [3.63, 3.8) is 0 Å². The number of nitrogens with two attached hydrogens (primary N) is 1. The van der Waals surface area contributed by atoms with Crippen LogP contribution < -0.4 is 21.5 Å². The van der Waals surface area contributed by atoms with Crippen molar-refractivity contribution >= 4 is 22.9 Å². The maximum atomic E-state index is 13.6. The molecule has 0 spiro atoms. The number of anilines is 1. The first-order valence-corrected chi connectivity index (χ1v) is 13.1. The molecule has 210 valence electrons. The first-order valence-electron chi connectivity index (χ1n) is 13.1. The summed E-state index contributed by atoms with van der Waals surface area (Å²) in [7, 11) is 0. The second kappa shape index (κ2) is 11.2. The highest BCUT2D eigenvalue weighted by Crippen LogP contribution is 2.26. The van der Waals surface area contributed by atoms with Crippen LogP contribution in [0.4, 0.5) is 5.82 Å². The molecule has 12 heteroatoms. The number of hydrogen-bond acceptors (Lipinski definition) is 9. The average Bonchev–Trinajstić information content (AvgIpc) is 3.23. The Kier molecular flexibility index (Phi) is 7.56. The standard InChI is InChI=1S/C29H30N8O4/c1-29(2,35-16-21(38)17-35)14-19(15-30)27(39)32-12-13-36-26-24(25(31)33-18-34-26)37(28(36)40)20-8-10-23(11-9-20)41-22-6-4-3-5-7-22/h3-11,14,18,21,38H,12-13,16-17H2,1-2H3,(H,32,39)(H2,31,33,34)/b19-14+. The smallest absolute Gasteiger partial charge is 0.335 e. The lowest BCUT2D eigenvalue weighted by Gasteiger charge is -2.46. The van der Waals surface area contributed by atoms with E-state index in [0.29, 0.717) is 41.4 Å². The maximum absolute atomic E-state index is 13.6. The van der Waals surface area contributed by atoms with Crippen LogP contribution in [-0.2, 0) is 11.3 Å². The third-order valence-electron chi connectivity index (χ3n) is 6.97. The molecule has 1 amide bonds. The van der Waals surface area contributed by atoms with Gasteiger partial charge in [0, 0.05) is 31.7 Å². The van der Waals surface area contributed by atoms with Crippen LogP contribution in [0.2, 0.25) is 0 Å². The van der Waals surface area contributed by atoms with Crippen molar-refractivity contribution in [2.75, 3.05) is 25.4 Å². The minimum Gasteiger partial charge on any atom is -0.457 e. The van der Waals surface area contributed by atoms with Gasteiger partial charge in [0.15, 0.2) is 11.5 Å². The van der Waals surface area contributed by atoms with Crippen molar-refractivity contribution in [2.24, 2.45) is 0 Å². The topological polar surface area (TPSA) is 164 Å². The quantitative estimate of drug-likeness (QED) is 0.207. The lowest BCUT2D eigenvalue weighted by molar-refractivity contribution is -0.117. The largest absolute Gasteiger partial charge is 0.457 e. The number of ether oxygens (including phenoxy) is 1. The zero-order valence-electron chi connectivity index (χ0n) is 22.7. The van der Waals surface area contributed by atoms with Gasteiger partial charge >= 0.3 is 5.69 Å². The number of imidazole rings is 1. The summed E-state index contributed by atoms with van der Waals surface area (Å²) in [4.78, 5) is 36.7. The van der Waals surface area contributed by atoms with E-state index < -0.39 is 23.2 Å². The Balaban J connectivity index is 1.35. The van der Waals surface area contributed by atoms with Crippen LogP contribution in [0.5, 0.6) is 11.5 Å². The van der Waals surface area contributed by atoms with Gasteiger partial charge in [-0.05, 0) is 56.3 Å². The second-order valence-corrected chi connectivity index (χ2v) is 10.2. The number of nitrogen functional groups attached to an aromatic ring is 1. The molecule has 2 aromatic heterocycles. The van der Waals surface area contributed by atoms with Gasteiger partial charge < -0.3 is 20.9 Å². The van der Waals surface area contributed by atoms with Crippen molar-refractivity contribution in [1.82, 2.24) is 29.3 Å². The van der Waals surface area contributed by atoms with Gasteiger partial charge in [0.2, 0.25) is 0 Å². The average molecular weight is 555 g/mol. The molecule has 4 N–H and O–H groups in total. The van der Waals surface area contributed by atoms with Gasteiger partial charge in [-0.15, -0.1) is 0 Å². The Morgan fingerprint density at radius 3 is 2.51 bits per heavy atom. The Labute approximate surface area is 235 Å². The molecule has 0 unspecified atom stereocenters. The van der Waals surface area contributed by atoms with Crippen LogP contribution in [0.3, 0.4) is 0 Å². The fourth-order valence-corrected chi connectivity index (χ4v) is 4.73. The first kappa shape index (κ1) is 27.6. The van der Waals surface area contributed by atoms with Crippen LogP contribution in [-0.4, -0.2) is 66.3 Å². The van der Waals surface area contributed by atoms with Gasteiger partial charge in [0.25, 0.3) is 5.91 Å². The molecule has 0 aliphatic carbocycles. The minimum absolute atomic E-state index is 0.0458. The predicted molar refractivity (Wildman–Crippen MR) is 152 cm³/mol. The predicted octanol–water partition coefficient (Wildman–Crippen LogP) is 1.98. The molecule has 1 saturated heterocycles. The number of nitrogens with one attached hydrogen (secondary N) is 1. The van der Waals surface area contributed by atoms with Crippen LogP contribution >= 0.6 is 0 Å². The number of benzene rings is 2. The van der Waals surface area contributed by atoms with Crippen molar-refractivity contribution in [3.8, 4) is 23.3 Å². The second-order valence-electron chi connectivity index (χ2n) is 10.2. The van der Waals surface area contributed by atoms with Gasteiger partial charge in [-0.25, -0.2) is 14.8 Å². The molecular weight excluding hydrogens is 524 g/mol. The molecule has 4 aromatic rings. The van der Waals surface area contributed by atoms with Gasteiger partial charge in [0.1, 0.15) is 35.0 Å². The highest BCUT2D eigenvalue weighted by Gasteiger charge is 2.35. The summed E-state index contributed by atoms with van der Waals surface area (Å²) in [5.41, 5.74) is 6.33. The molecule has 0 radical (unpaired) electrons. The summed E-state index contributed by atoms with van der Waals surface area (Å²) >= 11 is 0. The monoisotopic (exact) mass is 554 g/mol. The Morgan fingerprint density at radius 1 is 1.17 bits per heavy atom. The number of nitriles is 1. The number of fused-ring (bicyclic) bond motifs is 1. The highest BCUT2D eigenvalue weighted by atomic mass is 16.5. The van der Waals surface area contributed by atoms with E-state index >= 15 is 0 Å². The van der Waals surface area contributed by atoms with E-state index in [9.17, 15) is 20.0 Å². The molecule has 1 aliphatic rings. The van der Waals surface area contributed by atoms with E-state index in [1.54, 1.807) is 30.3 Å². The van der Waals surface area contributed by atoms with Gasteiger partial charge in [-0.2, -0.15) is 5.26 Å². The number of likely N-dealkylation sites (tertiary alicyclic amines) is 1. The van der Waals surface area contributed by atoms with E-state index in [2.05, 4.69) is 15.3 Å². The first-order chi connectivity index (χ1) is 19.7. The number of aliphatic hydroxyl groups is 1. The number of amides is 1.